The molecule has 0 spiro atoms. The molecule has 0 radical (unpaired) electrons. The Morgan fingerprint density at radius 1 is 1.33 bits per heavy atom. The summed E-state index contributed by atoms with van der Waals surface area (Å²) in [5, 5.41) is 9.16. The number of nitrogens with zero attached hydrogens (tertiary/aromatic N) is 3. The van der Waals surface area contributed by atoms with E-state index in [1.54, 1.807) is 0 Å². The second kappa shape index (κ2) is 6.09. The van der Waals surface area contributed by atoms with Crippen molar-refractivity contribution in [2.24, 2.45) is 5.92 Å². The molecule has 6 nitrogen and oxygen atoms in total. The van der Waals surface area contributed by atoms with Crippen LogP contribution in [0.4, 0.5) is 0 Å². The molecule has 1 atom stereocenters. The quantitative estimate of drug-likeness (QED) is 0.845. The molecule has 1 aromatic rings. The van der Waals surface area contributed by atoms with E-state index >= 15 is 0 Å². The van der Waals surface area contributed by atoms with Gasteiger partial charge < -0.3 is 10.0 Å². The number of aromatic nitrogens is 2. The lowest BCUT2D eigenvalue weighted by Crippen LogP contribution is -2.43. The summed E-state index contributed by atoms with van der Waals surface area (Å²) in [6, 6.07) is -0.835. The molecular formula is C12H17N3O3. The van der Waals surface area contributed by atoms with E-state index in [2.05, 4.69) is 9.97 Å². The third-order valence-electron chi connectivity index (χ3n) is 2.58. The summed E-state index contributed by atoms with van der Waals surface area (Å²) in [4.78, 5) is 32.0. The number of hydrogen-bond acceptors (Lipinski definition) is 4. The Labute approximate surface area is 106 Å². The Balaban J connectivity index is 2.86. The molecule has 0 bridgehead atoms. The highest BCUT2D eigenvalue weighted by molar-refractivity contribution is 5.95. The summed E-state index contributed by atoms with van der Waals surface area (Å²) in [5.74, 6) is -1.20. The molecule has 1 unspecified atom stereocenters. The van der Waals surface area contributed by atoms with E-state index in [4.69, 9.17) is 5.11 Å². The first-order valence-corrected chi connectivity index (χ1v) is 5.68. The number of rotatable bonds is 5. The minimum atomic E-state index is -1.00. The van der Waals surface area contributed by atoms with Gasteiger partial charge in [-0.1, -0.05) is 13.8 Å². The van der Waals surface area contributed by atoms with Gasteiger partial charge in [0.1, 0.15) is 12.4 Å². The summed E-state index contributed by atoms with van der Waals surface area (Å²) in [7, 11) is 1.48. The topological polar surface area (TPSA) is 83.4 Å². The average Bonchev–Trinajstić information content (AvgIpc) is 2.34. The zero-order valence-corrected chi connectivity index (χ0v) is 10.7. The smallest absolute Gasteiger partial charge is 0.326 e. The third-order valence-corrected chi connectivity index (χ3v) is 2.58. The highest BCUT2D eigenvalue weighted by Gasteiger charge is 2.28. The van der Waals surface area contributed by atoms with Crippen LogP contribution in [-0.4, -0.2) is 44.9 Å². The molecule has 0 aromatic carbocycles. The normalized spacial score (nSPS) is 12.2. The molecule has 1 rings (SSSR count). The zero-order chi connectivity index (χ0) is 13.7. The lowest BCUT2D eigenvalue weighted by Gasteiger charge is -2.26. The maximum Gasteiger partial charge on any atom is 0.326 e. The number of carbonyl (C=O) groups excluding carboxylic acids is 1. The largest absolute Gasteiger partial charge is 0.480 e. The van der Waals surface area contributed by atoms with Crippen molar-refractivity contribution in [2.45, 2.75) is 26.3 Å². The molecular weight excluding hydrogens is 234 g/mol. The number of carbonyl (C=O) groups is 2. The first-order valence-electron chi connectivity index (χ1n) is 5.68. The van der Waals surface area contributed by atoms with Crippen LogP contribution >= 0.6 is 0 Å². The van der Waals surface area contributed by atoms with Crippen LogP contribution in [0.15, 0.2) is 18.7 Å². The van der Waals surface area contributed by atoms with Gasteiger partial charge in [0.15, 0.2) is 0 Å². The molecule has 0 aliphatic carbocycles. The van der Waals surface area contributed by atoms with E-state index in [-0.39, 0.29) is 17.4 Å². The van der Waals surface area contributed by atoms with Gasteiger partial charge in [0.25, 0.3) is 5.91 Å². The van der Waals surface area contributed by atoms with Gasteiger partial charge in [-0.15, -0.1) is 0 Å². The van der Waals surface area contributed by atoms with Gasteiger partial charge in [-0.3, -0.25) is 4.79 Å². The van der Waals surface area contributed by atoms with E-state index in [0.29, 0.717) is 6.42 Å². The predicted octanol–water partition coefficient (Wildman–Crippen LogP) is 1.05. The van der Waals surface area contributed by atoms with Gasteiger partial charge in [0.05, 0.1) is 5.56 Å². The van der Waals surface area contributed by atoms with Crippen molar-refractivity contribution >= 4 is 11.9 Å². The second-order valence-corrected chi connectivity index (χ2v) is 4.53. The maximum absolute atomic E-state index is 12.1. The van der Waals surface area contributed by atoms with Gasteiger partial charge in [0.2, 0.25) is 0 Å². The fraction of sp³-hybridized carbons (Fsp3) is 0.500. The predicted molar refractivity (Wildman–Crippen MR) is 65.0 cm³/mol. The molecule has 1 heterocycles. The molecule has 0 aliphatic rings. The highest BCUT2D eigenvalue weighted by atomic mass is 16.4. The van der Waals surface area contributed by atoms with Crippen LogP contribution in [0.1, 0.15) is 30.6 Å². The Hall–Kier alpha value is -1.98. The van der Waals surface area contributed by atoms with Gasteiger partial charge >= 0.3 is 5.97 Å². The van der Waals surface area contributed by atoms with Gasteiger partial charge in [-0.25, -0.2) is 14.8 Å². The lowest BCUT2D eigenvalue weighted by molar-refractivity contribution is -0.142. The maximum atomic E-state index is 12.1. The molecule has 0 saturated carbocycles. The molecule has 98 valence electrons. The molecule has 1 amide bonds. The molecule has 0 aliphatic heterocycles. The van der Waals surface area contributed by atoms with Crippen molar-refractivity contribution < 1.29 is 14.7 Å². The minimum absolute atomic E-state index is 0.188. The van der Waals surface area contributed by atoms with Crippen LogP contribution in [-0.2, 0) is 4.79 Å². The lowest BCUT2D eigenvalue weighted by atomic mass is 10.0. The monoisotopic (exact) mass is 251 g/mol. The number of aliphatic carboxylic acids is 1. The fourth-order valence-corrected chi connectivity index (χ4v) is 1.63. The Kier molecular flexibility index (Phi) is 4.76. The summed E-state index contributed by atoms with van der Waals surface area (Å²) in [6.45, 7) is 3.83. The number of amides is 1. The molecule has 0 fully saturated rings. The number of carboxylic acids is 1. The van der Waals surface area contributed by atoms with Gasteiger partial charge in [0, 0.05) is 19.4 Å². The van der Waals surface area contributed by atoms with Crippen LogP contribution in [0, 0.1) is 5.92 Å². The summed E-state index contributed by atoms with van der Waals surface area (Å²) in [6.07, 6.45) is 4.48. The Morgan fingerprint density at radius 2 is 1.89 bits per heavy atom. The standard InChI is InChI=1S/C12H17N3O3/c1-8(2)4-10(12(17)18)15(3)11(16)9-5-13-7-14-6-9/h5-8,10H,4H2,1-3H3,(H,17,18). The van der Waals surface area contributed by atoms with E-state index in [9.17, 15) is 9.59 Å². The van der Waals surface area contributed by atoms with Crippen LogP contribution in [0.5, 0.6) is 0 Å². The molecule has 1 N–H and O–H groups in total. The number of carboxylic acid groups (broad SMARTS) is 1. The van der Waals surface area contributed by atoms with Crippen LogP contribution in [0.2, 0.25) is 0 Å². The van der Waals surface area contributed by atoms with E-state index < -0.39 is 12.0 Å². The first-order chi connectivity index (χ1) is 8.43. The van der Waals surface area contributed by atoms with E-state index in [1.165, 1.54) is 30.7 Å². The van der Waals surface area contributed by atoms with Crippen molar-refractivity contribution in [3.8, 4) is 0 Å². The molecule has 18 heavy (non-hydrogen) atoms. The van der Waals surface area contributed by atoms with Gasteiger partial charge in [-0.2, -0.15) is 0 Å². The van der Waals surface area contributed by atoms with Crippen molar-refractivity contribution in [1.82, 2.24) is 14.9 Å². The van der Waals surface area contributed by atoms with Gasteiger partial charge in [-0.05, 0) is 12.3 Å². The average molecular weight is 251 g/mol. The Morgan fingerprint density at radius 3 is 2.33 bits per heavy atom. The second-order valence-electron chi connectivity index (χ2n) is 4.53. The zero-order valence-electron chi connectivity index (χ0n) is 10.7. The SMILES string of the molecule is CC(C)CC(C(=O)O)N(C)C(=O)c1cncnc1. The first kappa shape index (κ1) is 14.1. The summed E-state index contributed by atoms with van der Waals surface area (Å²) < 4.78 is 0. The Bertz CT molecular complexity index is 420. The van der Waals surface area contributed by atoms with Crippen LogP contribution in [0.3, 0.4) is 0 Å². The van der Waals surface area contributed by atoms with Crippen LogP contribution < -0.4 is 0 Å². The van der Waals surface area contributed by atoms with E-state index in [0.717, 1.165) is 0 Å². The van der Waals surface area contributed by atoms with Crippen LogP contribution in [0.25, 0.3) is 0 Å². The van der Waals surface area contributed by atoms with Crippen molar-refractivity contribution in [2.75, 3.05) is 7.05 Å². The number of likely N-dealkylation sites (N-methyl/N-ethyl adjacent to an activating group) is 1. The molecule has 1 aromatic heterocycles. The van der Waals surface area contributed by atoms with Crippen molar-refractivity contribution in [3.63, 3.8) is 0 Å². The summed E-state index contributed by atoms with van der Waals surface area (Å²) in [5.41, 5.74) is 0.287. The molecule has 6 heteroatoms. The number of hydrogen-bond donors (Lipinski definition) is 1. The molecule has 0 saturated heterocycles. The third kappa shape index (κ3) is 3.51. The summed E-state index contributed by atoms with van der Waals surface area (Å²) >= 11 is 0. The van der Waals surface area contributed by atoms with E-state index in [1.807, 2.05) is 13.8 Å². The fourth-order valence-electron chi connectivity index (χ4n) is 1.63. The van der Waals surface area contributed by atoms with Crippen molar-refractivity contribution in [1.29, 1.82) is 0 Å². The highest BCUT2D eigenvalue weighted by Crippen LogP contribution is 2.13. The minimum Gasteiger partial charge on any atom is -0.480 e. The van der Waals surface area contributed by atoms with Crippen molar-refractivity contribution in [3.05, 3.63) is 24.3 Å².